The summed E-state index contributed by atoms with van der Waals surface area (Å²) in [5, 5.41) is 7.80. The molecule has 1 aliphatic rings. The zero-order valence-corrected chi connectivity index (χ0v) is 10.5. The number of benzene rings is 1. The van der Waals surface area contributed by atoms with E-state index in [4.69, 9.17) is 0 Å². The van der Waals surface area contributed by atoms with Crippen LogP contribution in [0.2, 0.25) is 0 Å². The Morgan fingerprint density at radius 2 is 2.21 bits per heavy atom. The van der Waals surface area contributed by atoms with Crippen molar-refractivity contribution >= 4 is 5.91 Å². The van der Waals surface area contributed by atoms with Crippen LogP contribution in [0.5, 0.6) is 0 Å². The summed E-state index contributed by atoms with van der Waals surface area (Å²) in [4.78, 5) is 14.1. The molecule has 1 amide bonds. The highest BCUT2D eigenvalue weighted by atomic mass is 19.1. The number of fused-ring (bicyclic) bond motifs is 1. The van der Waals surface area contributed by atoms with Crippen LogP contribution >= 0.6 is 0 Å². The summed E-state index contributed by atoms with van der Waals surface area (Å²) in [5.41, 5.74) is 1.19. The minimum atomic E-state index is -0.326. The molecule has 2 heterocycles. The molecule has 0 bridgehead atoms. The largest absolute Gasteiger partial charge is 0.329 e. The van der Waals surface area contributed by atoms with Gasteiger partial charge in [-0.15, -0.1) is 10.2 Å². The molecule has 0 saturated heterocycles. The zero-order valence-electron chi connectivity index (χ0n) is 10.5. The maximum atomic E-state index is 13.1. The number of halogens is 1. The van der Waals surface area contributed by atoms with E-state index in [1.807, 2.05) is 4.57 Å². The van der Waals surface area contributed by atoms with Gasteiger partial charge in [0.1, 0.15) is 12.1 Å². The summed E-state index contributed by atoms with van der Waals surface area (Å²) in [6.45, 7) is 3.48. The molecule has 0 N–H and O–H groups in total. The smallest absolute Gasteiger partial charge is 0.254 e. The number of aryl methyl sites for hydroxylation is 1. The normalized spacial score (nSPS) is 14.3. The lowest BCUT2D eigenvalue weighted by Crippen LogP contribution is -2.38. The minimum absolute atomic E-state index is 0.0910. The molecule has 0 unspecified atom stereocenters. The van der Waals surface area contributed by atoms with Crippen molar-refractivity contribution in [1.82, 2.24) is 19.7 Å². The predicted octanol–water partition coefficient (Wildman–Crippen LogP) is 1.38. The van der Waals surface area contributed by atoms with Gasteiger partial charge in [0.05, 0.1) is 6.54 Å². The average molecular weight is 260 g/mol. The van der Waals surface area contributed by atoms with Crippen molar-refractivity contribution in [2.45, 2.75) is 20.0 Å². The third-order valence-electron chi connectivity index (χ3n) is 3.34. The van der Waals surface area contributed by atoms with Crippen LogP contribution in [0.4, 0.5) is 4.39 Å². The number of rotatable bonds is 1. The van der Waals surface area contributed by atoms with Crippen molar-refractivity contribution < 1.29 is 9.18 Å². The topological polar surface area (TPSA) is 51.0 Å². The van der Waals surface area contributed by atoms with Gasteiger partial charge in [0, 0.05) is 18.7 Å². The fraction of sp³-hybridized carbons (Fsp3) is 0.308. The molecule has 98 valence electrons. The van der Waals surface area contributed by atoms with Crippen LogP contribution in [0.15, 0.2) is 24.5 Å². The second-order valence-electron chi connectivity index (χ2n) is 4.63. The predicted molar refractivity (Wildman–Crippen MR) is 65.9 cm³/mol. The Balaban J connectivity index is 1.85. The van der Waals surface area contributed by atoms with Crippen LogP contribution in [0.25, 0.3) is 0 Å². The molecule has 1 aromatic carbocycles. The van der Waals surface area contributed by atoms with E-state index in [-0.39, 0.29) is 11.7 Å². The molecule has 1 aliphatic heterocycles. The van der Waals surface area contributed by atoms with Gasteiger partial charge in [0.15, 0.2) is 5.82 Å². The van der Waals surface area contributed by atoms with Gasteiger partial charge in [-0.1, -0.05) is 0 Å². The van der Waals surface area contributed by atoms with Crippen molar-refractivity contribution in [2.24, 2.45) is 0 Å². The molecular weight excluding hydrogens is 247 g/mol. The summed E-state index contributed by atoms with van der Waals surface area (Å²) < 4.78 is 15.0. The Labute approximate surface area is 109 Å². The number of amides is 1. The zero-order chi connectivity index (χ0) is 13.4. The van der Waals surface area contributed by atoms with E-state index in [0.717, 1.165) is 5.82 Å². The number of hydrogen-bond acceptors (Lipinski definition) is 3. The summed E-state index contributed by atoms with van der Waals surface area (Å²) >= 11 is 0. The van der Waals surface area contributed by atoms with Crippen molar-refractivity contribution in [1.29, 1.82) is 0 Å². The molecule has 5 nitrogen and oxygen atoms in total. The van der Waals surface area contributed by atoms with Crippen molar-refractivity contribution in [3.63, 3.8) is 0 Å². The third-order valence-corrected chi connectivity index (χ3v) is 3.34. The van der Waals surface area contributed by atoms with E-state index in [1.165, 1.54) is 18.2 Å². The standard InChI is InChI=1S/C13H13FN4O/c1-9-6-10(14)2-3-11(9)13(19)17-4-5-18-8-15-16-12(18)7-17/h2-3,6,8H,4-5,7H2,1H3. The van der Waals surface area contributed by atoms with Gasteiger partial charge in [0.2, 0.25) is 0 Å². The molecule has 0 fully saturated rings. The van der Waals surface area contributed by atoms with Crippen LogP contribution in [0.1, 0.15) is 21.7 Å². The van der Waals surface area contributed by atoms with Crippen LogP contribution in [0, 0.1) is 12.7 Å². The first kappa shape index (κ1) is 11.8. The van der Waals surface area contributed by atoms with Crippen LogP contribution < -0.4 is 0 Å². The van der Waals surface area contributed by atoms with Crippen molar-refractivity contribution in [2.75, 3.05) is 6.54 Å². The molecule has 0 atom stereocenters. The Morgan fingerprint density at radius 3 is 3.00 bits per heavy atom. The Bertz CT molecular complexity index is 637. The molecule has 0 saturated carbocycles. The maximum Gasteiger partial charge on any atom is 0.254 e. The molecule has 1 aromatic heterocycles. The Kier molecular flexibility index (Phi) is 2.77. The fourth-order valence-electron chi connectivity index (χ4n) is 2.28. The fourth-order valence-corrected chi connectivity index (χ4v) is 2.28. The van der Waals surface area contributed by atoms with Gasteiger partial charge in [0.25, 0.3) is 5.91 Å². The lowest BCUT2D eigenvalue weighted by molar-refractivity contribution is 0.0706. The average Bonchev–Trinajstić information content (AvgIpc) is 2.85. The van der Waals surface area contributed by atoms with Gasteiger partial charge in [-0.2, -0.15) is 0 Å². The summed E-state index contributed by atoms with van der Waals surface area (Å²) in [6.07, 6.45) is 1.67. The monoisotopic (exact) mass is 260 g/mol. The molecule has 0 radical (unpaired) electrons. The van der Waals surface area contributed by atoms with Gasteiger partial charge in [-0.05, 0) is 30.7 Å². The lowest BCUT2D eigenvalue weighted by atomic mass is 10.1. The molecule has 19 heavy (non-hydrogen) atoms. The van der Waals surface area contributed by atoms with Gasteiger partial charge < -0.3 is 9.47 Å². The molecule has 2 aromatic rings. The van der Waals surface area contributed by atoms with Crippen molar-refractivity contribution in [3.8, 4) is 0 Å². The van der Waals surface area contributed by atoms with Crippen LogP contribution in [0.3, 0.4) is 0 Å². The lowest BCUT2D eigenvalue weighted by Gasteiger charge is -2.27. The SMILES string of the molecule is Cc1cc(F)ccc1C(=O)N1CCn2cnnc2C1. The van der Waals surface area contributed by atoms with E-state index in [1.54, 1.807) is 18.2 Å². The van der Waals surface area contributed by atoms with Gasteiger partial charge in [-0.25, -0.2) is 4.39 Å². The Hall–Kier alpha value is -2.24. The molecule has 0 spiro atoms. The number of hydrogen-bond donors (Lipinski definition) is 0. The molecule has 6 heteroatoms. The number of carbonyl (C=O) groups excluding carboxylic acids is 1. The van der Waals surface area contributed by atoms with E-state index in [0.29, 0.717) is 30.8 Å². The number of nitrogens with zero attached hydrogens (tertiary/aromatic N) is 4. The first-order valence-electron chi connectivity index (χ1n) is 6.07. The van der Waals surface area contributed by atoms with Crippen LogP contribution in [-0.2, 0) is 13.1 Å². The second-order valence-corrected chi connectivity index (χ2v) is 4.63. The second kappa shape index (κ2) is 4.46. The maximum absolute atomic E-state index is 13.1. The minimum Gasteiger partial charge on any atom is -0.329 e. The van der Waals surface area contributed by atoms with Gasteiger partial charge in [-0.3, -0.25) is 4.79 Å². The summed E-state index contributed by atoms with van der Waals surface area (Å²) in [7, 11) is 0. The highest BCUT2D eigenvalue weighted by Crippen LogP contribution is 2.16. The number of carbonyl (C=O) groups is 1. The number of aromatic nitrogens is 3. The first-order valence-corrected chi connectivity index (χ1v) is 6.07. The summed E-state index contributed by atoms with van der Waals surface area (Å²) in [6, 6.07) is 4.22. The van der Waals surface area contributed by atoms with E-state index in [2.05, 4.69) is 10.2 Å². The van der Waals surface area contributed by atoms with E-state index < -0.39 is 0 Å². The Morgan fingerprint density at radius 1 is 1.37 bits per heavy atom. The molecule has 0 aliphatic carbocycles. The molecular formula is C13H13FN4O. The van der Waals surface area contributed by atoms with Gasteiger partial charge >= 0.3 is 0 Å². The summed E-state index contributed by atoms with van der Waals surface area (Å²) in [5.74, 6) is 0.360. The first-order chi connectivity index (χ1) is 9.15. The third kappa shape index (κ3) is 2.09. The van der Waals surface area contributed by atoms with Crippen LogP contribution in [-0.4, -0.2) is 32.1 Å². The highest BCUT2D eigenvalue weighted by Gasteiger charge is 2.23. The molecule has 3 rings (SSSR count). The van der Waals surface area contributed by atoms with E-state index in [9.17, 15) is 9.18 Å². The van der Waals surface area contributed by atoms with Crippen molar-refractivity contribution in [3.05, 3.63) is 47.3 Å². The van der Waals surface area contributed by atoms with E-state index >= 15 is 0 Å². The quantitative estimate of drug-likeness (QED) is 0.778. The highest BCUT2D eigenvalue weighted by molar-refractivity contribution is 5.95.